The van der Waals surface area contributed by atoms with Crippen molar-refractivity contribution in [3.05, 3.63) is 17.0 Å². The second-order valence-corrected chi connectivity index (χ2v) is 5.57. The van der Waals surface area contributed by atoms with Crippen LogP contribution in [-0.2, 0) is 6.42 Å². The summed E-state index contributed by atoms with van der Waals surface area (Å²) in [6.45, 7) is 9.93. The minimum atomic E-state index is -0.954. The summed E-state index contributed by atoms with van der Waals surface area (Å²) in [6, 6.07) is 0. The van der Waals surface area contributed by atoms with Crippen molar-refractivity contribution >= 4 is 5.97 Å². The lowest BCUT2D eigenvalue weighted by Gasteiger charge is -2.16. The van der Waals surface area contributed by atoms with Crippen molar-refractivity contribution in [2.45, 2.75) is 47.0 Å². The van der Waals surface area contributed by atoms with E-state index in [9.17, 15) is 9.90 Å². The summed E-state index contributed by atoms with van der Waals surface area (Å²) in [5.41, 5.74) is 0.781. The first-order chi connectivity index (χ1) is 7.22. The van der Waals surface area contributed by atoms with E-state index in [1.807, 2.05) is 34.6 Å². The lowest BCUT2D eigenvalue weighted by atomic mass is 9.88. The average Bonchev–Trinajstić information content (AvgIpc) is 2.44. The molecule has 4 heteroatoms. The molecule has 0 radical (unpaired) electrons. The van der Waals surface area contributed by atoms with Crippen LogP contribution in [-0.4, -0.2) is 16.2 Å². The molecule has 1 heterocycles. The third kappa shape index (κ3) is 2.84. The number of nitrogens with zero attached hydrogens (tertiary/aromatic N) is 1. The van der Waals surface area contributed by atoms with Crippen molar-refractivity contribution in [3.63, 3.8) is 0 Å². The van der Waals surface area contributed by atoms with Crippen LogP contribution in [0.5, 0.6) is 0 Å². The molecule has 0 saturated carbocycles. The predicted octanol–water partition coefficient (Wildman–Crippen LogP) is 3.08. The molecular formula is C12H19NO3. The normalized spacial score (nSPS) is 12.1. The van der Waals surface area contributed by atoms with E-state index in [1.165, 1.54) is 0 Å². The molecule has 0 spiro atoms. The SMILES string of the molecule is CC(C)c1onc(CC(C)(C)C)c1C(=O)O. The van der Waals surface area contributed by atoms with Crippen LogP contribution in [0.25, 0.3) is 0 Å². The second-order valence-electron chi connectivity index (χ2n) is 5.57. The Balaban J connectivity index is 3.16. The number of carboxylic acid groups (broad SMARTS) is 1. The first-order valence-electron chi connectivity index (χ1n) is 5.44. The number of aromatic carboxylic acids is 1. The van der Waals surface area contributed by atoms with Crippen molar-refractivity contribution in [1.82, 2.24) is 5.16 Å². The maximum absolute atomic E-state index is 11.2. The van der Waals surface area contributed by atoms with Gasteiger partial charge in [0.05, 0.1) is 5.69 Å². The zero-order valence-electron chi connectivity index (χ0n) is 10.5. The molecule has 4 nitrogen and oxygen atoms in total. The number of hydrogen-bond donors (Lipinski definition) is 1. The van der Waals surface area contributed by atoms with Crippen LogP contribution < -0.4 is 0 Å². The Morgan fingerprint density at radius 3 is 2.38 bits per heavy atom. The fourth-order valence-corrected chi connectivity index (χ4v) is 1.58. The fraction of sp³-hybridized carbons (Fsp3) is 0.667. The molecule has 0 unspecified atom stereocenters. The summed E-state index contributed by atoms with van der Waals surface area (Å²) in [5, 5.41) is 13.1. The zero-order chi connectivity index (χ0) is 12.5. The molecular weight excluding hydrogens is 206 g/mol. The minimum Gasteiger partial charge on any atom is -0.477 e. The molecule has 1 N–H and O–H groups in total. The molecule has 0 aromatic carbocycles. The van der Waals surface area contributed by atoms with Crippen molar-refractivity contribution in [1.29, 1.82) is 0 Å². The van der Waals surface area contributed by atoms with Crippen molar-refractivity contribution < 1.29 is 14.4 Å². The summed E-state index contributed by atoms with van der Waals surface area (Å²) in [6.07, 6.45) is 0.602. The van der Waals surface area contributed by atoms with Gasteiger partial charge in [-0.2, -0.15) is 0 Å². The summed E-state index contributed by atoms with van der Waals surface area (Å²) in [7, 11) is 0. The fourth-order valence-electron chi connectivity index (χ4n) is 1.58. The maximum atomic E-state index is 11.2. The van der Waals surface area contributed by atoms with Crippen molar-refractivity contribution in [2.75, 3.05) is 0 Å². The van der Waals surface area contributed by atoms with E-state index in [4.69, 9.17) is 4.52 Å². The summed E-state index contributed by atoms with van der Waals surface area (Å²) < 4.78 is 5.13. The van der Waals surface area contributed by atoms with Gasteiger partial charge in [0.15, 0.2) is 5.76 Å². The molecule has 0 amide bonds. The van der Waals surface area contributed by atoms with Gasteiger partial charge in [-0.3, -0.25) is 0 Å². The minimum absolute atomic E-state index is 0.00464. The van der Waals surface area contributed by atoms with Gasteiger partial charge in [0.1, 0.15) is 5.56 Å². The van der Waals surface area contributed by atoms with Gasteiger partial charge in [-0.1, -0.05) is 39.8 Å². The summed E-state index contributed by atoms with van der Waals surface area (Å²) in [4.78, 5) is 11.2. The molecule has 0 bridgehead atoms. The molecule has 0 aliphatic rings. The Hall–Kier alpha value is -1.32. The van der Waals surface area contributed by atoms with Crippen LogP contribution >= 0.6 is 0 Å². The van der Waals surface area contributed by atoms with Crippen LogP contribution in [0.15, 0.2) is 4.52 Å². The lowest BCUT2D eigenvalue weighted by molar-refractivity contribution is 0.0692. The third-order valence-corrected chi connectivity index (χ3v) is 2.23. The molecule has 90 valence electrons. The van der Waals surface area contributed by atoms with E-state index in [2.05, 4.69) is 5.16 Å². The molecule has 1 aromatic rings. The van der Waals surface area contributed by atoms with E-state index in [1.54, 1.807) is 0 Å². The van der Waals surface area contributed by atoms with Crippen LogP contribution in [0.4, 0.5) is 0 Å². The second kappa shape index (κ2) is 4.28. The van der Waals surface area contributed by atoms with Crippen molar-refractivity contribution in [3.8, 4) is 0 Å². The van der Waals surface area contributed by atoms with Gasteiger partial charge in [0.2, 0.25) is 0 Å². The number of carboxylic acids is 1. The Bertz CT molecular complexity index is 385. The molecule has 16 heavy (non-hydrogen) atoms. The molecule has 0 aliphatic carbocycles. The highest BCUT2D eigenvalue weighted by Gasteiger charge is 2.26. The highest BCUT2D eigenvalue weighted by Crippen LogP contribution is 2.27. The van der Waals surface area contributed by atoms with Crippen LogP contribution in [0.1, 0.15) is 62.3 Å². The van der Waals surface area contributed by atoms with Gasteiger partial charge in [-0.25, -0.2) is 4.79 Å². The number of rotatable bonds is 3. The Morgan fingerprint density at radius 2 is 2.00 bits per heavy atom. The maximum Gasteiger partial charge on any atom is 0.341 e. The zero-order valence-corrected chi connectivity index (χ0v) is 10.5. The highest BCUT2D eigenvalue weighted by atomic mass is 16.5. The van der Waals surface area contributed by atoms with Crippen LogP contribution in [0.2, 0.25) is 0 Å². The Labute approximate surface area is 95.6 Å². The largest absolute Gasteiger partial charge is 0.477 e. The van der Waals surface area contributed by atoms with Crippen LogP contribution in [0.3, 0.4) is 0 Å². The van der Waals surface area contributed by atoms with E-state index < -0.39 is 5.97 Å². The third-order valence-electron chi connectivity index (χ3n) is 2.23. The Kier molecular flexibility index (Phi) is 3.41. The molecule has 1 rings (SSSR count). The first-order valence-corrected chi connectivity index (χ1v) is 5.44. The van der Waals surface area contributed by atoms with E-state index in [0.717, 1.165) is 0 Å². The lowest BCUT2D eigenvalue weighted by Crippen LogP contribution is -2.13. The van der Waals surface area contributed by atoms with Gasteiger partial charge in [0, 0.05) is 5.92 Å². The van der Waals surface area contributed by atoms with Gasteiger partial charge in [0.25, 0.3) is 0 Å². The summed E-state index contributed by atoms with van der Waals surface area (Å²) >= 11 is 0. The molecule has 1 aromatic heterocycles. The molecule has 0 aliphatic heterocycles. The van der Waals surface area contributed by atoms with E-state index >= 15 is 0 Å². The monoisotopic (exact) mass is 225 g/mol. The highest BCUT2D eigenvalue weighted by molar-refractivity contribution is 5.90. The van der Waals surface area contributed by atoms with Gasteiger partial charge in [-0.15, -0.1) is 0 Å². The first kappa shape index (κ1) is 12.7. The van der Waals surface area contributed by atoms with Crippen LogP contribution in [0, 0.1) is 5.41 Å². The Morgan fingerprint density at radius 1 is 1.44 bits per heavy atom. The quantitative estimate of drug-likeness (QED) is 0.858. The predicted molar refractivity (Wildman–Crippen MR) is 60.7 cm³/mol. The summed E-state index contributed by atoms with van der Waals surface area (Å²) in [5.74, 6) is -0.455. The van der Waals surface area contributed by atoms with Crippen molar-refractivity contribution in [2.24, 2.45) is 5.41 Å². The number of carbonyl (C=O) groups is 1. The van der Waals surface area contributed by atoms with E-state index in [-0.39, 0.29) is 16.9 Å². The molecule has 0 saturated heterocycles. The molecule has 0 atom stereocenters. The van der Waals surface area contributed by atoms with Gasteiger partial charge >= 0.3 is 5.97 Å². The average molecular weight is 225 g/mol. The van der Waals surface area contributed by atoms with E-state index in [0.29, 0.717) is 17.9 Å². The van der Waals surface area contributed by atoms with Gasteiger partial charge in [-0.05, 0) is 11.8 Å². The number of aromatic nitrogens is 1. The topological polar surface area (TPSA) is 63.3 Å². The standard InChI is InChI=1S/C12H19NO3/c1-7(2)10-9(11(14)15)8(13-16-10)6-12(3,4)5/h7H,6H2,1-5H3,(H,14,15). The molecule has 0 fully saturated rings. The number of hydrogen-bond acceptors (Lipinski definition) is 3. The smallest absolute Gasteiger partial charge is 0.341 e. The van der Waals surface area contributed by atoms with Gasteiger partial charge < -0.3 is 9.63 Å².